The van der Waals surface area contributed by atoms with Gasteiger partial charge in [0.2, 0.25) is 0 Å². The summed E-state index contributed by atoms with van der Waals surface area (Å²) in [6, 6.07) is 0. The molecule has 0 amide bonds. The molecule has 1 fully saturated rings. The molecule has 19 heavy (non-hydrogen) atoms. The molecule has 0 saturated carbocycles. The first kappa shape index (κ1) is 14.5. The maximum absolute atomic E-state index is 6.13. The van der Waals surface area contributed by atoms with Crippen LogP contribution in [-0.2, 0) is 11.2 Å². The third-order valence-corrected chi connectivity index (χ3v) is 4.10. The van der Waals surface area contributed by atoms with Gasteiger partial charge in [-0.2, -0.15) is 0 Å². The molecule has 1 aliphatic rings. The van der Waals surface area contributed by atoms with E-state index in [-0.39, 0.29) is 0 Å². The fourth-order valence-corrected chi connectivity index (χ4v) is 2.66. The van der Waals surface area contributed by atoms with Crippen molar-refractivity contribution in [2.24, 2.45) is 5.92 Å². The Morgan fingerprint density at radius 1 is 1.37 bits per heavy atom. The smallest absolute Gasteiger partial charge is 0.137 e. The lowest BCUT2D eigenvalue weighted by molar-refractivity contribution is 0.0900. The van der Waals surface area contributed by atoms with Gasteiger partial charge in [-0.25, -0.2) is 9.97 Å². The summed E-state index contributed by atoms with van der Waals surface area (Å²) in [6.07, 6.45) is 3.34. The first-order valence-electron chi connectivity index (χ1n) is 7.04. The van der Waals surface area contributed by atoms with Crippen LogP contribution in [-0.4, -0.2) is 29.2 Å². The van der Waals surface area contributed by atoms with E-state index in [4.69, 9.17) is 16.3 Å². The molecule has 1 saturated heterocycles. The van der Waals surface area contributed by atoms with E-state index in [0.717, 1.165) is 49.6 Å². The van der Waals surface area contributed by atoms with Gasteiger partial charge in [-0.3, -0.25) is 0 Å². The zero-order valence-corrected chi connectivity index (χ0v) is 12.6. The zero-order valence-electron chi connectivity index (χ0n) is 11.9. The third-order valence-electron chi connectivity index (χ3n) is 3.73. The van der Waals surface area contributed by atoms with Gasteiger partial charge in [0, 0.05) is 31.1 Å². The quantitative estimate of drug-likeness (QED) is 0.843. The van der Waals surface area contributed by atoms with Crippen molar-refractivity contribution in [3.8, 4) is 0 Å². The molecule has 2 unspecified atom stereocenters. The van der Waals surface area contributed by atoms with E-state index in [1.165, 1.54) is 0 Å². The van der Waals surface area contributed by atoms with E-state index in [0.29, 0.717) is 17.2 Å². The Balaban J connectivity index is 2.04. The molecule has 0 spiro atoms. The number of nitrogens with one attached hydrogen (secondary N) is 1. The van der Waals surface area contributed by atoms with Crippen molar-refractivity contribution in [1.29, 1.82) is 0 Å². The summed E-state index contributed by atoms with van der Waals surface area (Å²) >= 11 is 6.13. The number of hydrogen-bond acceptors (Lipinski definition) is 4. The molecule has 0 aliphatic carbocycles. The maximum Gasteiger partial charge on any atom is 0.137 e. The normalized spacial score (nSPS) is 22.7. The standard InChI is InChI=1S/C14H22ClN3O/c1-4-11-10(6-7-19-11)8-16-14-9(3)13(15)17-12(5-2)18-14/h10-11H,4-8H2,1-3H3,(H,16,17,18). The summed E-state index contributed by atoms with van der Waals surface area (Å²) < 4.78 is 5.70. The van der Waals surface area contributed by atoms with Gasteiger partial charge in [0.25, 0.3) is 0 Å². The van der Waals surface area contributed by atoms with Crippen molar-refractivity contribution in [3.05, 3.63) is 16.5 Å². The minimum Gasteiger partial charge on any atom is -0.378 e. The minimum absolute atomic E-state index is 0.371. The number of aromatic nitrogens is 2. The van der Waals surface area contributed by atoms with Crippen LogP contribution >= 0.6 is 11.6 Å². The van der Waals surface area contributed by atoms with Gasteiger partial charge < -0.3 is 10.1 Å². The number of aryl methyl sites for hydroxylation is 1. The molecule has 0 aromatic carbocycles. The van der Waals surface area contributed by atoms with Crippen LogP contribution in [0.3, 0.4) is 0 Å². The second-order valence-electron chi connectivity index (χ2n) is 5.00. The highest BCUT2D eigenvalue weighted by molar-refractivity contribution is 6.30. The number of hydrogen-bond donors (Lipinski definition) is 1. The van der Waals surface area contributed by atoms with Crippen molar-refractivity contribution < 1.29 is 4.74 Å². The lowest BCUT2D eigenvalue weighted by Gasteiger charge is -2.18. The molecule has 106 valence electrons. The maximum atomic E-state index is 6.13. The Kier molecular flexibility index (Phi) is 4.99. The largest absolute Gasteiger partial charge is 0.378 e. The van der Waals surface area contributed by atoms with E-state index in [2.05, 4.69) is 22.2 Å². The van der Waals surface area contributed by atoms with Gasteiger partial charge in [0.15, 0.2) is 0 Å². The van der Waals surface area contributed by atoms with Gasteiger partial charge in [-0.1, -0.05) is 25.4 Å². The summed E-state index contributed by atoms with van der Waals surface area (Å²) in [5.41, 5.74) is 0.922. The first-order chi connectivity index (χ1) is 9.15. The summed E-state index contributed by atoms with van der Waals surface area (Å²) in [4.78, 5) is 8.77. The van der Waals surface area contributed by atoms with Crippen molar-refractivity contribution in [2.45, 2.75) is 46.1 Å². The molecule has 5 heteroatoms. The highest BCUT2D eigenvalue weighted by atomic mass is 35.5. The predicted octanol–water partition coefficient (Wildman–Crippen LogP) is 3.23. The van der Waals surface area contributed by atoms with Crippen LogP contribution in [0.25, 0.3) is 0 Å². The molecule has 1 aromatic rings. The van der Waals surface area contributed by atoms with Crippen LogP contribution in [0, 0.1) is 12.8 Å². The fourth-order valence-electron chi connectivity index (χ4n) is 2.47. The van der Waals surface area contributed by atoms with E-state index < -0.39 is 0 Å². The predicted molar refractivity (Wildman–Crippen MR) is 77.8 cm³/mol. The molecule has 4 nitrogen and oxygen atoms in total. The molecule has 1 N–H and O–H groups in total. The number of ether oxygens (including phenoxy) is 1. The lowest BCUT2D eigenvalue weighted by Crippen LogP contribution is -2.23. The number of nitrogens with zero attached hydrogens (tertiary/aromatic N) is 2. The minimum atomic E-state index is 0.371. The lowest BCUT2D eigenvalue weighted by atomic mass is 10.00. The van der Waals surface area contributed by atoms with Crippen LogP contribution in [0.5, 0.6) is 0 Å². The van der Waals surface area contributed by atoms with E-state index in [9.17, 15) is 0 Å². The van der Waals surface area contributed by atoms with E-state index >= 15 is 0 Å². The second-order valence-corrected chi connectivity index (χ2v) is 5.36. The van der Waals surface area contributed by atoms with E-state index in [1.807, 2.05) is 13.8 Å². The number of rotatable bonds is 5. The van der Waals surface area contributed by atoms with Crippen LogP contribution < -0.4 is 5.32 Å². The molecular weight excluding hydrogens is 262 g/mol. The summed E-state index contributed by atoms with van der Waals surface area (Å²) in [5.74, 6) is 2.20. The Bertz CT molecular complexity index is 439. The zero-order chi connectivity index (χ0) is 13.8. The molecular formula is C14H22ClN3O. The van der Waals surface area contributed by atoms with Gasteiger partial charge in [0.05, 0.1) is 6.10 Å². The van der Waals surface area contributed by atoms with E-state index in [1.54, 1.807) is 0 Å². The average Bonchev–Trinajstić information content (AvgIpc) is 2.87. The Labute approximate surface area is 119 Å². The van der Waals surface area contributed by atoms with Gasteiger partial charge >= 0.3 is 0 Å². The average molecular weight is 284 g/mol. The monoisotopic (exact) mass is 283 g/mol. The first-order valence-corrected chi connectivity index (χ1v) is 7.42. The third kappa shape index (κ3) is 3.37. The SMILES string of the molecule is CCc1nc(Cl)c(C)c(NCC2CCOC2CC)n1. The van der Waals surface area contributed by atoms with Gasteiger partial charge in [-0.05, 0) is 19.8 Å². The Morgan fingerprint density at radius 3 is 2.84 bits per heavy atom. The molecule has 2 atom stereocenters. The van der Waals surface area contributed by atoms with Crippen molar-refractivity contribution in [1.82, 2.24) is 9.97 Å². The summed E-state index contributed by atoms with van der Waals surface area (Å²) in [7, 11) is 0. The van der Waals surface area contributed by atoms with Crippen LogP contribution in [0.2, 0.25) is 5.15 Å². The Morgan fingerprint density at radius 2 is 2.16 bits per heavy atom. The molecule has 2 heterocycles. The highest BCUT2D eigenvalue weighted by Gasteiger charge is 2.26. The fraction of sp³-hybridized carbons (Fsp3) is 0.714. The van der Waals surface area contributed by atoms with Crippen LogP contribution in [0.1, 0.15) is 38.1 Å². The molecule has 1 aromatic heterocycles. The van der Waals surface area contributed by atoms with Gasteiger partial charge in [0.1, 0.15) is 16.8 Å². The molecule has 0 radical (unpaired) electrons. The molecule has 1 aliphatic heterocycles. The molecule has 2 rings (SSSR count). The number of anilines is 1. The van der Waals surface area contributed by atoms with Crippen molar-refractivity contribution >= 4 is 17.4 Å². The number of halogens is 1. The second kappa shape index (κ2) is 6.53. The molecule has 0 bridgehead atoms. The summed E-state index contributed by atoms with van der Waals surface area (Å²) in [5, 5.41) is 3.96. The van der Waals surface area contributed by atoms with Crippen molar-refractivity contribution in [3.63, 3.8) is 0 Å². The van der Waals surface area contributed by atoms with Gasteiger partial charge in [-0.15, -0.1) is 0 Å². The Hall–Kier alpha value is -0.870. The van der Waals surface area contributed by atoms with Crippen molar-refractivity contribution in [2.75, 3.05) is 18.5 Å². The van der Waals surface area contributed by atoms with Crippen LogP contribution in [0.15, 0.2) is 0 Å². The topological polar surface area (TPSA) is 47.0 Å². The summed E-state index contributed by atoms with van der Waals surface area (Å²) in [6.45, 7) is 7.91. The highest BCUT2D eigenvalue weighted by Crippen LogP contribution is 2.25. The van der Waals surface area contributed by atoms with Crippen LogP contribution in [0.4, 0.5) is 5.82 Å².